The minimum absolute atomic E-state index is 0.169. The van der Waals surface area contributed by atoms with Gasteiger partial charge >= 0.3 is 0 Å². The summed E-state index contributed by atoms with van der Waals surface area (Å²) in [6.45, 7) is 4.16. The monoisotopic (exact) mass is 381 g/mol. The van der Waals surface area contributed by atoms with Gasteiger partial charge in [-0.25, -0.2) is 0 Å². The van der Waals surface area contributed by atoms with E-state index in [-0.39, 0.29) is 11.7 Å². The van der Waals surface area contributed by atoms with Crippen LogP contribution in [0.1, 0.15) is 43.7 Å². The first-order chi connectivity index (χ1) is 12.9. The first kappa shape index (κ1) is 18.1. The molecule has 4 rings (SSSR count). The van der Waals surface area contributed by atoms with E-state index in [4.69, 9.17) is 11.6 Å². The Hall–Kier alpha value is -2.26. The summed E-state index contributed by atoms with van der Waals surface area (Å²) < 4.78 is 0. The lowest BCUT2D eigenvalue weighted by molar-refractivity contribution is -0.116. The molecule has 2 N–H and O–H groups in total. The molecule has 3 nitrogen and oxygen atoms in total. The highest BCUT2D eigenvalue weighted by Gasteiger charge is 2.48. The van der Waals surface area contributed by atoms with Crippen molar-refractivity contribution in [1.29, 1.82) is 0 Å². The highest BCUT2D eigenvalue weighted by molar-refractivity contribution is 6.30. The molecule has 1 heterocycles. The van der Waals surface area contributed by atoms with Crippen LogP contribution in [-0.4, -0.2) is 16.6 Å². The highest BCUT2D eigenvalue weighted by Crippen LogP contribution is 2.44. The van der Waals surface area contributed by atoms with E-state index in [0.29, 0.717) is 16.5 Å². The fourth-order valence-corrected chi connectivity index (χ4v) is 4.65. The molecule has 27 heavy (non-hydrogen) atoms. The van der Waals surface area contributed by atoms with E-state index in [1.165, 1.54) is 0 Å². The number of rotatable bonds is 2. The molecule has 0 saturated heterocycles. The summed E-state index contributed by atoms with van der Waals surface area (Å²) in [6, 6.07) is 13.7. The number of carbonyl (C=O) groups is 1. The zero-order chi connectivity index (χ0) is 19.2. The number of aliphatic hydroxyl groups excluding tert-OH is 1. The van der Waals surface area contributed by atoms with E-state index in [1.807, 2.05) is 49.4 Å². The number of amides is 1. The van der Waals surface area contributed by atoms with Crippen LogP contribution in [0.25, 0.3) is 16.7 Å². The number of aliphatic hydroxyl groups is 1. The molecule has 1 aliphatic carbocycles. The second kappa shape index (κ2) is 6.72. The average molecular weight is 382 g/mol. The Bertz CT molecular complexity index is 932. The lowest BCUT2D eigenvalue weighted by Gasteiger charge is -2.36. The van der Waals surface area contributed by atoms with Gasteiger partial charge in [-0.15, -0.1) is 0 Å². The Morgan fingerprint density at radius 2 is 1.85 bits per heavy atom. The number of nitrogens with one attached hydrogen (secondary N) is 1. The van der Waals surface area contributed by atoms with E-state index >= 15 is 0 Å². The van der Waals surface area contributed by atoms with Crippen molar-refractivity contribution in [3.05, 3.63) is 64.4 Å². The van der Waals surface area contributed by atoms with Gasteiger partial charge in [0, 0.05) is 5.02 Å². The van der Waals surface area contributed by atoms with Gasteiger partial charge in [0.05, 0.1) is 11.1 Å². The summed E-state index contributed by atoms with van der Waals surface area (Å²) in [7, 11) is 0. The smallest absolute Gasteiger partial charge is 0.256 e. The van der Waals surface area contributed by atoms with Crippen molar-refractivity contribution in [2.75, 3.05) is 0 Å². The summed E-state index contributed by atoms with van der Waals surface area (Å²) in [6.07, 6.45) is 3.76. The molecule has 2 aliphatic rings. The number of hydrogen-bond acceptors (Lipinski definition) is 2. The zero-order valence-corrected chi connectivity index (χ0v) is 16.4. The molecular formula is C23H24ClNO2. The Kier molecular flexibility index (Phi) is 4.51. The molecule has 2 unspecified atom stereocenters. The Morgan fingerprint density at radius 1 is 1.15 bits per heavy atom. The molecule has 140 valence electrons. The highest BCUT2D eigenvalue weighted by atomic mass is 35.5. The maximum atomic E-state index is 12.9. The van der Waals surface area contributed by atoms with Gasteiger partial charge in [0.15, 0.2) is 0 Å². The number of hydrogen-bond donors (Lipinski definition) is 2. The third-order valence-corrected chi connectivity index (χ3v) is 6.20. The summed E-state index contributed by atoms with van der Waals surface area (Å²) >= 11 is 6.00. The molecule has 1 spiro atoms. The molecule has 0 bridgehead atoms. The molecular weight excluding hydrogens is 358 g/mol. The Morgan fingerprint density at radius 3 is 2.56 bits per heavy atom. The molecule has 2 aromatic rings. The van der Waals surface area contributed by atoms with Crippen LogP contribution in [0.5, 0.6) is 0 Å². The summed E-state index contributed by atoms with van der Waals surface area (Å²) in [5.41, 5.74) is 3.64. The molecule has 0 aromatic heterocycles. The quantitative estimate of drug-likeness (QED) is 0.704. The zero-order valence-electron chi connectivity index (χ0n) is 15.7. The lowest BCUT2D eigenvalue weighted by atomic mass is 9.75. The van der Waals surface area contributed by atoms with E-state index in [0.717, 1.165) is 47.9 Å². The minimum atomic E-state index is -0.590. The van der Waals surface area contributed by atoms with Gasteiger partial charge in [-0.3, -0.25) is 4.79 Å². The molecule has 2 atom stereocenters. The van der Waals surface area contributed by atoms with Gasteiger partial charge < -0.3 is 10.4 Å². The number of halogens is 1. The van der Waals surface area contributed by atoms with Crippen molar-refractivity contribution in [2.24, 2.45) is 5.92 Å². The third kappa shape index (κ3) is 3.14. The van der Waals surface area contributed by atoms with Gasteiger partial charge in [-0.05, 0) is 66.1 Å². The van der Waals surface area contributed by atoms with E-state index in [1.54, 1.807) is 0 Å². The average Bonchev–Trinajstić information content (AvgIpc) is 2.86. The summed E-state index contributed by atoms with van der Waals surface area (Å²) in [4.78, 5) is 12.9. The van der Waals surface area contributed by atoms with Gasteiger partial charge in [0.25, 0.3) is 5.91 Å². The van der Waals surface area contributed by atoms with Gasteiger partial charge in [0.2, 0.25) is 0 Å². The Balaban J connectivity index is 1.80. The predicted octanol–water partition coefficient (Wildman–Crippen LogP) is 5.66. The third-order valence-electron chi connectivity index (χ3n) is 5.95. The molecule has 1 fully saturated rings. The van der Waals surface area contributed by atoms with Crippen LogP contribution >= 0.6 is 11.6 Å². The molecule has 1 amide bonds. The first-order valence-electron chi connectivity index (χ1n) is 9.53. The second-order valence-corrected chi connectivity index (χ2v) is 8.43. The van der Waals surface area contributed by atoms with Gasteiger partial charge in [0.1, 0.15) is 5.76 Å². The largest absolute Gasteiger partial charge is 0.509 e. The fraction of sp³-hybridized carbons (Fsp3) is 0.348. The minimum Gasteiger partial charge on any atom is -0.509 e. The lowest BCUT2D eigenvalue weighted by Crippen LogP contribution is -2.47. The predicted molar refractivity (Wildman–Crippen MR) is 110 cm³/mol. The fourth-order valence-electron chi connectivity index (χ4n) is 4.53. The van der Waals surface area contributed by atoms with Crippen LogP contribution < -0.4 is 5.32 Å². The SMILES string of the molecule is Cc1ccc(-c2ccc(Cl)cc2)cc1C1=C(O)C2(CCCC(C)C2)NC1=O. The normalized spacial score (nSPS) is 25.1. The van der Waals surface area contributed by atoms with Crippen LogP contribution in [0.15, 0.2) is 48.2 Å². The topological polar surface area (TPSA) is 49.3 Å². The van der Waals surface area contributed by atoms with Crippen molar-refractivity contribution < 1.29 is 9.90 Å². The summed E-state index contributed by atoms with van der Waals surface area (Å²) in [5, 5.41) is 14.9. The van der Waals surface area contributed by atoms with Crippen molar-refractivity contribution in [3.8, 4) is 11.1 Å². The van der Waals surface area contributed by atoms with E-state index in [2.05, 4.69) is 12.2 Å². The number of aryl methyl sites for hydroxylation is 1. The van der Waals surface area contributed by atoms with E-state index in [9.17, 15) is 9.90 Å². The standard InChI is InChI=1S/C23H24ClNO2/c1-14-4-3-11-23(13-14)21(26)20(22(27)25-23)19-12-17(6-5-15(19)2)16-7-9-18(24)10-8-16/h5-10,12,14,26H,3-4,11,13H2,1-2H3,(H,25,27). The van der Waals surface area contributed by atoms with Gasteiger partial charge in [-0.1, -0.05) is 55.6 Å². The van der Waals surface area contributed by atoms with Crippen LogP contribution in [0.3, 0.4) is 0 Å². The summed E-state index contributed by atoms with van der Waals surface area (Å²) in [5.74, 6) is 0.537. The van der Waals surface area contributed by atoms with Gasteiger partial charge in [-0.2, -0.15) is 0 Å². The Labute approximate surface area is 165 Å². The van der Waals surface area contributed by atoms with Crippen molar-refractivity contribution in [1.82, 2.24) is 5.32 Å². The van der Waals surface area contributed by atoms with Crippen LogP contribution in [0.4, 0.5) is 0 Å². The first-order valence-corrected chi connectivity index (χ1v) is 9.91. The number of carbonyl (C=O) groups excluding carboxylic acids is 1. The molecule has 4 heteroatoms. The molecule has 1 aliphatic heterocycles. The molecule has 0 radical (unpaired) electrons. The van der Waals surface area contributed by atoms with Crippen molar-refractivity contribution in [2.45, 2.75) is 45.1 Å². The molecule has 2 aromatic carbocycles. The van der Waals surface area contributed by atoms with Crippen LogP contribution in [-0.2, 0) is 4.79 Å². The maximum Gasteiger partial charge on any atom is 0.256 e. The maximum absolute atomic E-state index is 12.9. The molecule has 1 saturated carbocycles. The number of benzene rings is 2. The van der Waals surface area contributed by atoms with Crippen LogP contribution in [0.2, 0.25) is 5.02 Å². The van der Waals surface area contributed by atoms with E-state index < -0.39 is 5.54 Å². The van der Waals surface area contributed by atoms with Crippen LogP contribution in [0, 0.1) is 12.8 Å². The van der Waals surface area contributed by atoms with Crippen molar-refractivity contribution in [3.63, 3.8) is 0 Å². The van der Waals surface area contributed by atoms with Crippen molar-refractivity contribution >= 4 is 23.1 Å². The second-order valence-electron chi connectivity index (χ2n) is 8.00.